The van der Waals surface area contributed by atoms with E-state index >= 15 is 0 Å². The molecule has 0 bridgehead atoms. The number of esters is 1. The van der Waals surface area contributed by atoms with Crippen LogP contribution in [0.15, 0.2) is 60.7 Å². The molecule has 0 N–H and O–H groups in total. The minimum atomic E-state index is -0.162. The maximum Gasteiger partial charge on any atom is 0.305 e. The predicted octanol–water partition coefficient (Wildman–Crippen LogP) is 4.17. The molecule has 112 valence electrons. The van der Waals surface area contributed by atoms with Crippen LogP contribution in [0.1, 0.15) is 36.8 Å². The molecule has 22 heavy (non-hydrogen) atoms. The molecular weight excluding hydrogens is 272 g/mol. The Kier molecular flexibility index (Phi) is 6.26. The second-order valence-electron chi connectivity index (χ2n) is 4.94. The largest absolute Gasteiger partial charge is 0.466 e. The van der Waals surface area contributed by atoms with Crippen LogP contribution in [0.5, 0.6) is 0 Å². The fraction of sp³-hybridized carbons (Fsp3) is 0.250. The Morgan fingerprint density at radius 1 is 1.05 bits per heavy atom. The average molecular weight is 292 g/mol. The molecule has 0 aliphatic carbocycles. The van der Waals surface area contributed by atoms with E-state index in [-0.39, 0.29) is 11.9 Å². The lowest BCUT2D eigenvalue weighted by Gasteiger charge is -2.10. The van der Waals surface area contributed by atoms with Crippen molar-refractivity contribution >= 4 is 5.97 Å². The van der Waals surface area contributed by atoms with Gasteiger partial charge in [0.15, 0.2) is 0 Å². The standard InChI is InChI=1S/C20H20O2/c1-2-22-20(21)16-15-19(18-11-7-4-8-12-18)14-13-17-9-5-3-6-10-17/h3-12,19H,2,15-16H2,1H3/t19-/m1/s1. The zero-order chi connectivity index (χ0) is 15.6. The first-order chi connectivity index (χ1) is 10.8. The molecule has 2 aromatic rings. The fourth-order valence-electron chi connectivity index (χ4n) is 2.19. The Bertz CT molecular complexity index is 636. The Morgan fingerprint density at radius 3 is 2.32 bits per heavy atom. The van der Waals surface area contributed by atoms with E-state index in [0.29, 0.717) is 19.4 Å². The summed E-state index contributed by atoms with van der Waals surface area (Å²) in [5.41, 5.74) is 2.12. The van der Waals surface area contributed by atoms with Crippen LogP contribution in [0.2, 0.25) is 0 Å². The van der Waals surface area contributed by atoms with Gasteiger partial charge in [-0.2, -0.15) is 0 Å². The molecule has 2 heteroatoms. The molecule has 2 nitrogen and oxygen atoms in total. The fourth-order valence-corrected chi connectivity index (χ4v) is 2.19. The van der Waals surface area contributed by atoms with Gasteiger partial charge in [0, 0.05) is 17.9 Å². The topological polar surface area (TPSA) is 26.3 Å². The minimum Gasteiger partial charge on any atom is -0.466 e. The Labute approximate surface area is 132 Å². The lowest BCUT2D eigenvalue weighted by molar-refractivity contribution is -0.143. The molecule has 2 aromatic carbocycles. The number of hydrogen-bond acceptors (Lipinski definition) is 2. The maximum absolute atomic E-state index is 11.6. The highest BCUT2D eigenvalue weighted by atomic mass is 16.5. The van der Waals surface area contributed by atoms with E-state index in [1.165, 1.54) is 0 Å². The molecule has 0 saturated heterocycles. The van der Waals surface area contributed by atoms with Crippen LogP contribution in [0.3, 0.4) is 0 Å². The van der Waals surface area contributed by atoms with Crippen molar-refractivity contribution in [2.75, 3.05) is 6.61 Å². The van der Waals surface area contributed by atoms with Gasteiger partial charge in [-0.15, -0.1) is 0 Å². The number of ether oxygens (including phenoxy) is 1. The van der Waals surface area contributed by atoms with Crippen LogP contribution >= 0.6 is 0 Å². The van der Waals surface area contributed by atoms with Gasteiger partial charge in [-0.3, -0.25) is 4.79 Å². The van der Waals surface area contributed by atoms with Crippen molar-refractivity contribution in [2.45, 2.75) is 25.7 Å². The van der Waals surface area contributed by atoms with Gasteiger partial charge in [-0.1, -0.05) is 60.4 Å². The first-order valence-electron chi connectivity index (χ1n) is 7.56. The Morgan fingerprint density at radius 2 is 1.68 bits per heavy atom. The molecule has 0 saturated carbocycles. The SMILES string of the molecule is CCOC(=O)CC[C@@H](C#Cc1ccccc1)c1ccccc1. The Hall–Kier alpha value is -2.53. The van der Waals surface area contributed by atoms with Gasteiger partial charge in [0.2, 0.25) is 0 Å². The lowest BCUT2D eigenvalue weighted by Crippen LogP contribution is -2.06. The van der Waals surface area contributed by atoms with Crippen molar-refractivity contribution in [1.82, 2.24) is 0 Å². The molecule has 1 atom stereocenters. The molecule has 0 spiro atoms. The zero-order valence-corrected chi connectivity index (χ0v) is 12.8. The summed E-state index contributed by atoms with van der Waals surface area (Å²) in [5.74, 6) is 6.36. The van der Waals surface area contributed by atoms with Crippen LogP contribution < -0.4 is 0 Å². The van der Waals surface area contributed by atoms with E-state index < -0.39 is 0 Å². The molecule has 0 aliphatic heterocycles. The van der Waals surface area contributed by atoms with Gasteiger partial charge in [-0.05, 0) is 31.0 Å². The van der Waals surface area contributed by atoms with Gasteiger partial charge < -0.3 is 4.74 Å². The molecule has 2 rings (SSSR count). The third kappa shape index (κ3) is 5.10. The quantitative estimate of drug-likeness (QED) is 0.611. The zero-order valence-electron chi connectivity index (χ0n) is 12.8. The molecule has 0 aliphatic rings. The van der Waals surface area contributed by atoms with Crippen LogP contribution in [0, 0.1) is 11.8 Å². The van der Waals surface area contributed by atoms with E-state index in [1.807, 2.05) is 55.5 Å². The lowest BCUT2D eigenvalue weighted by atomic mass is 9.94. The number of hydrogen-bond donors (Lipinski definition) is 0. The van der Waals surface area contributed by atoms with Gasteiger partial charge in [0.1, 0.15) is 0 Å². The summed E-state index contributed by atoms with van der Waals surface area (Å²) in [6.45, 7) is 2.24. The summed E-state index contributed by atoms with van der Waals surface area (Å²) in [7, 11) is 0. The van der Waals surface area contributed by atoms with E-state index in [2.05, 4.69) is 24.0 Å². The molecule has 0 unspecified atom stereocenters. The first-order valence-corrected chi connectivity index (χ1v) is 7.56. The monoisotopic (exact) mass is 292 g/mol. The van der Waals surface area contributed by atoms with Crippen molar-refractivity contribution in [2.24, 2.45) is 0 Å². The minimum absolute atomic E-state index is 0.0332. The third-order valence-electron chi connectivity index (χ3n) is 3.31. The predicted molar refractivity (Wildman–Crippen MR) is 88.4 cm³/mol. The normalized spacial score (nSPS) is 11.1. The van der Waals surface area contributed by atoms with Gasteiger partial charge in [-0.25, -0.2) is 0 Å². The molecule has 0 heterocycles. The molecule has 0 radical (unpaired) electrons. The highest BCUT2D eigenvalue weighted by Gasteiger charge is 2.11. The van der Waals surface area contributed by atoms with E-state index in [1.54, 1.807) is 0 Å². The van der Waals surface area contributed by atoms with Crippen LogP contribution in [-0.4, -0.2) is 12.6 Å². The summed E-state index contributed by atoms with van der Waals surface area (Å²) in [5, 5.41) is 0. The summed E-state index contributed by atoms with van der Waals surface area (Å²) in [4.78, 5) is 11.6. The van der Waals surface area contributed by atoms with Crippen molar-refractivity contribution < 1.29 is 9.53 Å². The summed E-state index contributed by atoms with van der Waals surface area (Å²) >= 11 is 0. The maximum atomic E-state index is 11.6. The number of carbonyl (C=O) groups is 1. The second-order valence-corrected chi connectivity index (χ2v) is 4.94. The summed E-state index contributed by atoms with van der Waals surface area (Å²) < 4.78 is 5.00. The van der Waals surface area contributed by atoms with Crippen molar-refractivity contribution in [3.05, 3.63) is 71.8 Å². The number of benzene rings is 2. The van der Waals surface area contributed by atoms with Crippen molar-refractivity contribution in [3.8, 4) is 11.8 Å². The molecule has 0 amide bonds. The summed E-state index contributed by atoms with van der Waals surface area (Å²) in [6.07, 6.45) is 1.06. The first kappa shape index (κ1) is 15.9. The van der Waals surface area contributed by atoms with Gasteiger partial charge in [0.25, 0.3) is 0 Å². The van der Waals surface area contributed by atoms with Crippen LogP contribution in [0.25, 0.3) is 0 Å². The van der Waals surface area contributed by atoms with Gasteiger partial charge >= 0.3 is 5.97 Å². The highest BCUT2D eigenvalue weighted by molar-refractivity contribution is 5.69. The van der Waals surface area contributed by atoms with Crippen molar-refractivity contribution in [3.63, 3.8) is 0 Å². The van der Waals surface area contributed by atoms with E-state index in [9.17, 15) is 4.79 Å². The Balaban J connectivity index is 2.12. The smallest absolute Gasteiger partial charge is 0.305 e. The number of carbonyl (C=O) groups excluding carboxylic acids is 1. The average Bonchev–Trinajstić information content (AvgIpc) is 2.57. The van der Waals surface area contributed by atoms with Crippen LogP contribution in [0.4, 0.5) is 0 Å². The van der Waals surface area contributed by atoms with Gasteiger partial charge in [0.05, 0.1) is 6.61 Å². The molecule has 0 aromatic heterocycles. The summed E-state index contributed by atoms with van der Waals surface area (Å²) in [6, 6.07) is 20.0. The number of rotatable bonds is 5. The molecule has 0 fully saturated rings. The molecular formula is C20H20O2. The van der Waals surface area contributed by atoms with Crippen molar-refractivity contribution in [1.29, 1.82) is 0 Å². The third-order valence-corrected chi connectivity index (χ3v) is 3.31. The highest BCUT2D eigenvalue weighted by Crippen LogP contribution is 2.21. The van der Waals surface area contributed by atoms with E-state index in [0.717, 1.165) is 11.1 Å². The van der Waals surface area contributed by atoms with E-state index in [4.69, 9.17) is 4.74 Å². The second kappa shape index (κ2) is 8.69. The van der Waals surface area contributed by atoms with Crippen LogP contribution in [-0.2, 0) is 9.53 Å².